The molecule has 10 heterocycles. The summed E-state index contributed by atoms with van der Waals surface area (Å²) < 4.78 is 122. The number of alkyl halides is 3. The van der Waals surface area contributed by atoms with Crippen LogP contribution in [0, 0.1) is 0 Å². The van der Waals surface area contributed by atoms with Gasteiger partial charge < -0.3 is 66.5 Å². The zero-order chi connectivity index (χ0) is 81.4. The molecule has 6 aromatic heterocycles. The fourth-order valence-corrected chi connectivity index (χ4v) is 12.5. The predicted molar refractivity (Wildman–Crippen MR) is 418 cm³/mol. The molecule has 9 aromatic rings. The molecule has 0 unspecified atom stereocenters. The molecule has 0 spiro atoms. The lowest BCUT2D eigenvalue weighted by atomic mass is 9.80. The van der Waals surface area contributed by atoms with Crippen molar-refractivity contribution in [2.24, 2.45) is 0 Å². The number of carbonyl (C=O) groups excluding carboxylic acids is 2. The van der Waals surface area contributed by atoms with E-state index in [2.05, 4.69) is 36.6 Å². The Hall–Kier alpha value is -11.2. The maximum absolute atomic E-state index is 13.0. The van der Waals surface area contributed by atoms with Crippen molar-refractivity contribution in [2.45, 2.75) is 116 Å². The van der Waals surface area contributed by atoms with Crippen LogP contribution in [0.5, 0.6) is 34.5 Å². The van der Waals surface area contributed by atoms with Gasteiger partial charge in [-0.25, -0.2) is 24.5 Å². The van der Waals surface area contributed by atoms with Crippen LogP contribution in [-0.4, -0.2) is 176 Å². The summed E-state index contributed by atoms with van der Waals surface area (Å²) >= 11 is 0. The molecule has 1 N–H and O–H groups in total. The summed E-state index contributed by atoms with van der Waals surface area (Å²) in [6.45, 7) is 21.1. The second-order valence-corrected chi connectivity index (χ2v) is 30.7. The molecule has 2 amide bonds. The normalized spacial score (nSPS) is 15.5. The maximum atomic E-state index is 13.0. The van der Waals surface area contributed by atoms with E-state index >= 15 is 0 Å². The van der Waals surface area contributed by atoms with Gasteiger partial charge in [-0.3, -0.25) is 27.6 Å². The van der Waals surface area contributed by atoms with Crippen molar-refractivity contribution >= 4 is 63.0 Å². The Morgan fingerprint density at radius 2 is 0.857 bits per heavy atom. The molecule has 13 rings (SSSR count). The van der Waals surface area contributed by atoms with Crippen LogP contribution in [0.3, 0.4) is 0 Å². The molecular weight excluding hydrogens is 1470 g/mol. The number of amides is 2. The summed E-state index contributed by atoms with van der Waals surface area (Å²) in [7, 11) is 3.19. The van der Waals surface area contributed by atoms with E-state index in [4.69, 9.17) is 47.2 Å². The van der Waals surface area contributed by atoms with Crippen LogP contribution in [0.4, 0.5) is 22.8 Å². The molecule has 594 valence electrons. The average Bonchev–Trinajstić information content (AvgIpc) is 1.53. The number of nitrogens with one attached hydrogen (secondary N) is 1. The Labute approximate surface area is 646 Å². The molecule has 27 nitrogen and oxygen atoms in total. The lowest BCUT2D eigenvalue weighted by molar-refractivity contribution is -0.0526. The summed E-state index contributed by atoms with van der Waals surface area (Å²) in [6, 6.07) is 32.2. The van der Waals surface area contributed by atoms with Crippen molar-refractivity contribution in [1.82, 2.24) is 43.3 Å². The van der Waals surface area contributed by atoms with Gasteiger partial charge in [-0.2, -0.15) is 21.6 Å². The van der Waals surface area contributed by atoms with Crippen LogP contribution >= 0.6 is 0 Å². The van der Waals surface area contributed by atoms with E-state index in [1.807, 2.05) is 115 Å². The van der Waals surface area contributed by atoms with Gasteiger partial charge in [0.1, 0.15) is 33.9 Å². The molecule has 1 fully saturated rings. The molecule has 0 bridgehead atoms. The standard InChI is InChI=1S/C26H29N3O5.C22H25BN2O5.C21H21N3O3.C11H16F3NO5S/c1-26(2,3)34-25(31)28-12-6-7-18(15-28)19-9-11-23-27-20(14-24(30)29(23)16-19)17-8-10-21(32-4)22(13-17)33-5;1-21(2)22(3,4)30-23(29-21)15-8-10-19-24-16(12-20(26)25(19)13-15)14-7-9-17(27-5)18(11-14)28-6;1-26-18-7-5-14(10-19(18)27-2)17-11-21(25)24-13-16(6-8-20(24)23-17)15-4-3-9-22-12-15;1-10(2,3)19-9(16)15-6-4-5-8(7-15)20-21(17,18)11(12,13)14/h7-11,13-14,16H,6,12,15H2,1-5H3;7-13H,1-6H3;4-8,10-11,13,22H,3,9,12H2,1-2H3;5H,4,6-7H2,1-3H3. The van der Waals surface area contributed by atoms with Crippen molar-refractivity contribution in [2.75, 3.05) is 81.9 Å². The first-order chi connectivity index (χ1) is 52.8. The molecule has 0 aliphatic carbocycles. The van der Waals surface area contributed by atoms with Crippen molar-refractivity contribution < 1.29 is 82.6 Å². The van der Waals surface area contributed by atoms with Crippen LogP contribution in [0.15, 0.2) is 166 Å². The van der Waals surface area contributed by atoms with Gasteiger partial charge in [0, 0.05) is 79.7 Å². The van der Waals surface area contributed by atoms with Crippen molar-refractivity contribution in [3.8, 4) is 68.3 Å². The molecule has 4 aliphatic heterocycles. The number of fused-ring (bicyclic) bond motifs is 3. The van der Waals surface area contributed by atoms with Gasteiger partial charge in [-0.1, -0.05) is 18.2 Å². The van der Waals surface area contributed by atoms with E-state index in [1.165, 1.54) is 32.6 Å². The van der Waals surface area contributed by atoms with E-state index in [1.54, 1.807) is 122 Å². The summed E-state index contributed by atoms with van der Waals surface area (Å²) in [4.78, 5) is 79.6. The Morgan fingerprint density at radius 1 is 0.482 bits per heavy atom. The van der Waals surface area contributed by atoms with Gasteiger partial charge >= 0.3 is 34.9 Å². The number of methoxy groups -OCH3 is 6. The van der Waals surface area contributed by atoms with Crippen LogP contribution in [-0.2, 0) is 33.1 Å². The molecule has 1 saturated heterocycles. The molecule has 0 radical (unpaired) electrons. The van der Waals surface area contributed by atoms with E-state index in [0.29, 0.717) is 81.6 Å². The van der Waals surface area contributed by atoms with Gasteiger partial charge in [0.25, 0.3) is 16.7 Å². The van der Waals surface area contributed by atoms with Crippen molar-refractivity contribution in [3.63, 3.8) is 0 Å². The van der Waals surface area contributed by atoms with E-state index in [0.717, 1.165) is 69.7 Å². The third-order valence-electron chi connectivity index (χ3n) is 18.4. The Balaban J connectivity index is 0.000000161. The monoisotopic (exact) mass is 1570 g/mol. The predicted octanol–water partition coefficient (Wildman–Crippen LogP) is 12.2. The fraction of sp³-hybridized carbons (Fsp3) is 0.375. The third-order valence-corrected chi connectivity index (χ3v) is 19.4. The summed E-state index contributed by atoms with van der Waals surface area (Å²) in [5.41, 5.74) is 2.32. The number of nitrogens with zero attached hydrogens (tertiary/aromatic N) is 8. The lowest BCUT2D eigenvalue weighted by Gasteiger charge is -2.32. The first-order valence-corrected chi connectivity index (χ1v) is 37.1. The number of pyridine rings is 3. The maximum Gasteiger partial charge on any atom is 0.534 e. The van der Waals surface area contributed by atoms with Gasteiger partial charge in [0.2, 0.25) is 0 Å². The first-order valence-electron chi connectivity index (χ1n) is 35.7. The third kappa shape index (κ3) is 19.9. The number of hydrogen-bond donors (Lipinski definition) is 1. The SMILES string of the molecule is CC(C)(C)OC(=O)N1CCC=C(OS(=O)(=O)C(F)(F)F)C1.COc1ccc(-c2cc(=O)n3cc(B4OC(C)(C)C(C)(C)O4)ccc3n2)cc1OC.COc1ccc(-c2cc(=O)n3cc(C4=CCCN(C(=O)OC(C)(C)C)C4)ccc3n2)cc1OC.COc1ccc(-c2cc(=O)n3cc(C4=CCCNC4)ccc3n2)cc1OC. The summed E-state index contributed by atoms with van der Waals surface area (Å²) in [5.74, 6) is 3.15. The Kier molecular flexibility index (Phi) is 25.4. The zero-order valence-corrected chi connectivity index (χ0v) is 66.1. The van der Waals surface area contributed by atoms with Crippen LogP contribution in [0.2, 0.25) is 0 Å². The molecule has 32 heteroatoms. The number of benzene rings is 3. The largest absolute Gasteiger partial charge is 0.534 e. The second kappa shape index (κ2) is 34.2. The number of ether oxygens (including phenoxy) is 8. The van der Waals surface area contributed by atoms with Crippen molar-refractivity contribution in [1.29, 1.82) is 0 Å². The summed E-state index contributed by atoms with van der Waals surface area (Å²) in [6.07, 6.45) is 11.7. The molecule has 0 saturated carbocycles. The van der Waals surface area contributed by atoms with E-state index in [9.17, 15) is 45.6 Å². The minimum absolute atomic E-state index is 0.115. The highest BCUT2D eigenvalue weighted by Gasteiger charge is 2.52. The second-order valence-electron chi connectivity index (χ2n) is 29.2. The molecule has 3 aromatic carbocycles. The first kappa shape index (κ1) is 83.3. The number of halogens is 3. The van der Waals surface area contributed by atoms with Gasteiger partial charge in [0.05, 0.1) is 77.5 Å². The number of carbonyl (C=O) groups is 2. The molecule has 0 atom stereocenters. The minimum atomic E-state index is -5.73. The number of hydrogen-bond acceptors (Lipinski definition) is 22. The molecular formula is C80H91BF3N9O18S. The zero-order valence-electron chi connectivity index (χ0n) is 65.3. The average molecular weight is 1570 g/mol. The molecule has 4 aliphatic rings. The van der Waals surface area contributed by atoms with Crippen LogP contribution < -0.4 is 55.9 Å². The Bertz CT molecular complexity index is 5400. The fourth-order valence-electron chi connectivity index (χ4n) is 12.0. The van der Waals surface area contributed by atoms with E-state index < -0.39 is 63.5 Å². The topological polar surface area (TPSA) is 291 Å². The van der Waals surface area contributed by atoms with Crippen molar-refractivity contribution in [3.05, 3.63) is 194 Å². The van der Waals surface area contributed by atoms with E-state index in [-0.39, 0.29) is 35.7 Å². The van der Waals surface area contributed by atoms with Crippen LogP contribution in [0.1, 0.15) is 99.6 Å². The number of rotatable bonds is 14. The van der Waals surface area contributed by atoms with Gasteiger partial charge in [0.15, 0.2) is 34.5 Å². The Morgan fingerprint density at radius 3 is 1.25 bits per heavy atom. The van der Waals surface area contributed by atoms with Crippen LogP contribution in [0.25, 0.3) is 61.9 Å². The highest BCUT2D eigenvalue weighted by molar-refractivity contribution is 7.87. The summed E-state index contributed by atoms with van der Waals surface area (Å²) in [5, 5.41) is 3.35. The quantitative estimate of drug-likeness (QED) is 0.0601. The molecule has 112 heavy (non-hydrogen) atoms. The van der Waals surface area contributed by atoms with Gasteiger partial charge in [-0.05, 0) is 214 Å². The smallest absolute Gasteiger partial charge is 0.493 e. The highest BCUT2D eigenvalue weighted by Crippen LogP contribution is 2.38. The lowest BCUT2D eigenvalue weighted by Crippen LogP contribution is -2.41. The number of aromatic nitrogens is 6. The minimum Gasteiger partial charge on any atom is -0.493 e. The highest BCUT2D eigenvalue weighted by atomic mass is 32.2. The van der Waals surface area contributed by atoms with Gasteiger partial charge in [-0.15, -0.1) is 0 Å².